The summed E-state index contributed by atoms with van der Waals surface area (Å²) in [5.41, 5.74) is 0. The lowest BCUT2D eigenvalue weighted by molar-refractivity contribution is 0.327. The fourth-order valence-corrected chi connectivity index (χ4v) is 3.78. The Kier molecular flexibility index (Phi) is 3.50. The number of aromatic nitrogens is 1. The van der Waals surface area contributed by atoms with Gasteiger partial charge in [0.25, 0.3) is 0 Å². The van der Waals surface area contributed by atoms with Crippen molar-refractivity contribution in [1.29, 1.82) is 0 Å². The predicted octanol–water partition coefficient (Wildman–Crippen LogP) is 4.68. The molecular weight excluding hydrogens is 240 g/mol. The van der Waals surface area contributed by atoms with Crippen LogP contribution in [0, 0.1) is 5.92 Å². The molecule has 0 amide bonds. The molecule has 2 nitrogen and oxygen atoms in total. The van der Waals surface area contributed by atoms with Gasteiger partial charge in [-0.2, -0.15) is 0 Å². The zero-order valence-corrected chi connectivity index (χ0v) is 11.7. The van der Waals surface area contributed by atoms with Crippen LogP contribution in [-0.4, -0.2) is 11.0 Å². The van der Waals surface area contributed by atoms with Crippen LogP contribution in [0.25, 0.3) is 10.1 Å². The number of hydrogen-bond donors (Lipinski definition) is 1. The quantitative estimate of drug-likeness (QED) is 0.867. The average molecular weight is 260 g/mol. The van der Waals surface area contributed by atoms with Gasteiger partial charge in [0.15, 0.2) is 0 Å². The first kappa shape index (κ1) is 12.0. The van der Waals surface area contributed by atoms with Crippen LogP contribution in [0.5, 0.6) is 0 Å². The molecule has 1 aliphatic carbocycles. The number of rotatable bonds is 3. The fraction of sp³-hybridized carbons (Fsp3) is 0.533. The number of nitrogens with zero attached hydrogens (tertiary/aromatic N) is 1. The van der Waals surface area contributed by atoms with Gasteiger partial charge >= 0.3 is 0 Å². The maximum absolute atomic E-state index is 4.52. The fourth-order valence-electron chi connectivity index (χ4n) is 3.00. The van der Waals surface area contributed by atoms with Gasteiger partial charge in [-0.15, -0.1) is 11.3 Å². The lowest BCUT2D eigenvalue weighted by atomic mass is 9.84. The zero-order chi connectivity index (χ0) is 12.4. The molecule has 2 aromatic rings. The summed E-state index contributed by atoms with van der Waals surface area (Å²) < 4.78 is 1.33. The molecule has 3 rings (SSSR count). The molecule has 96 valence electrons. The second kappa shape index (κ2) is 5.27. The maximum Gasteiger partial charge on any atom is 0.134 e. The van der Waals surface area contributed by atoms with Crippen molar-refractivity contribution in [3.8, 4) is 0 Å². The Balaban J connectivity index is 1.77. The molecule has 0 bridgehead atoms. The molecule has 1 fully saturated rings. The van der Waals surface area contributed by atoms with Crippen molar-refractivity contribution >= 4 is 27.2 Å². The second-order valence-corrected chi connectivity index (χ2v) is 6.22. The van der Waals surface area contributed by atoms with E-state index in [-0.39, 0.29) is 0 Å². The normalized spacial score (nSPS) is 24.3. The SMILES string of the molecule is CCC1CCCC(Nc2nccc3sccc23)C1. The van der Waals surface area contributed by atoms with Crippen LogP contribution in [0.2, 0.25) is 0 Å². The summed E-state index contributed by atoms with van der Waals surface area (Å²) in [4.78, 5) is 4.52. The first-order valence-electron chi connectivity index (χ1n) is 6.95. The van der Waals surface area contributed by atoms with E-state index in [1.54, 1.807) is 11.3 Å². The first-order valence-corrected chi connectivity index (χ1v) is 7.83. The van der Waals surface area contributed by atoms with Crippen molar-refractivity contribution in [2.24, 2.45) is 5.92 Å². The molecule has 0 aromatic carbocycles. The molecule has 0 saturated heterocycles. The van der Waals surface area contributed by atoms with Gasteiger partial charge in [0, 0.05) is 22.3 Å². The minimum atomic E-state index is 0.613. The molecule has 2 atom stereocenters. The maximum atomic E-state index is 4.52. The molecular formula is C15H20N2S. The summed E-state index contributed by atoms with van der Waals surface area (Å²) >= 11 is 1.79. The van der Waals surface area contributed by atoms with E-state index in [4.69, 9.17) is 0 Å². The minimum Gasteiger partial charge on any atom is -0.367 e. The smallest absolute Gasteiger partial charge is 0.134 e. The molecule has 1 saturated carbocycles. The van der Waals surface area contributed by atoms with Crippen LogP contribution in [0.3, 0.4) is 0 Å². The Morgan fingerprint density at radius 2 is 2.33 bits per heavy atom. The standard InChI is InChI=1S/C15H20N2S/c1-2-11-4-3-5-12(10-11)17-15-13-7-9-18-14(13)6-8-16-15/h6-9,11-12H,2-5,10H2,1H3,(H,16,17). The molecule has 18 heavy (non-hydrogen) atoms. The summed E-state index contributed by atoms with van der Waals surface area (Å²) in [6, 6.07) is 4.89. The topological polar surface area (TPSA) is 24.9 Å². The van der Waals surface area contributed by atoms with E-state index in [9.17, 15) is 0 Å². The number of fused-ring (bicyclic) bond motifs is 1. The van der Waals surface area contributed by atoms with Gasteiger partial charge in [0.2, 0.25) is 0 Å². The van der Waals surface area contributed by atoms with Crippen molar-refractivity contribution in [1.82, 2.24) is 4.98 Å². The number of hydrogen-bond acceptors (Lipinski definition) is 3. The second-order valence-electron chi connectivity index (χ2n) is 5.27. The lowest BCUT2D eigenvalue weighted by Crippen LogP contribution is -2.27. The molecule has 0 spiro atoms. The van der Waals surface area contributed by atoms with Gasteiger partial charge in [-0.1, -0.05) is 26.2 Å². The zero-order valence-electron chi connectivity index (χ0n) is 10.9. The first-order chi connectivity index (χ1) is 8.86. The Hall–Kier alpha value is -1.09. The van der Waals surface area contributed by atoms with Crippen molar-refractivity contribution in [3.05, 3.63) is 23.7 Å². The third-order valence-electron chi connectivity index (χ3n) is 4.08. The van der Waals surface area contributed by atoms with E-state index in [2.05, 4.69) is 34.7 Å². The van der Waals surface area contributed by atoms with E-state index in [1.165, 1.54) is 42.2 Å². The number of anilines is 1. The minimum absolute atomic E-state index is 0.613. The van der Waals surface area contributed by atoms with Crippen LogP contribution in [-0.2, 0) is 0 Å². The highest BCUT2D eigenvalue weighted by Crippen LogP contribution is 2.31. The summed E-state index contributed by atoms with van der Waals surface area (Å²) in [5.74, 6) is 1.98. The van der Waals surface area contributed by atoms with E-state index >= 15 is 0 Å². The summed E-state index contributed by atoms with van der Waals surface area (Å²) in [6.45, 7) is 2.31. The summed E-state index contributed by atoms with van der Waals surface area (Å²) in [6.07, 6.45) is 8.59. The number of pyridine rings is 1. The average Bonchev–Trinajstić information content (AvgIpc) is 2.88. The molecule has 3 heteroatoms. The van der Waals surface area contributed by atoms with Gasteiger partial charge in [-0.25, -0.2) is 4.98 Å². The highest BCUT2D eigenvalue weighted by atomic mass is 32.1. The van der Waals surface area contributed by atoms with Crippen molar-refractivity contribution < 1.29 is 0 Å². The third-order valence-corrected chi connectivity index (χ3v) is 4.96. The Labute approximate surface area is 112 Å². The van der Waals surface area contributed by atoms with Crippen LogP contribution in [0.1, 0.15) is 39.0 Å². The number of thiophene rings is 1. The summed E-state index contributed by atoms with van der Waals surface area (Å²) in [7, 11) is 0. The van der Waals surface area contributed by atoms with Crippen molar-refractivity contribution in [3.63, 3.8) is 0 Å². The third kappa shape index (κ3) is 2.37. The molecule has 0 radical (unpaired) electrons. The summed E-state index contributed by atoms with van der Waals surface area (Å²) in [5, 5.41) is 7.09. The highest BCUT2D eigenvalue weighted by Gasteiger charge is 2.21. The van der Waals surface area contributed by atoms with E-state index in [0.29, 0.717) is 6.04 Å². The van der Waals surface area contributed by atoms with E-state index in [1.807, 2.05) is 6.20 Å². The Morgan fingerprint density at radius 3 is 3.22 bits per heavy atom. The largest absolute Gasteiger partial charge is 0.367 e. The van der Waals surface area contributed by atoms with Gasteiger partial charge < -0.3 is 5.32 Å². The molecule has 0 aliphatic heterocycles. The predicted molar refractivity (Wildman–Crippen MR) is 79.3 cm³/mol. The van der Waals surface area contributed by atoms with E-state index in [0.717, 1.165) is 11.7 Å². The van der Waals surface area contributed by atoms with Crippen molar-refractivity contribution in [2.75, 3.05) is 5.32 Å². The van der Waals surface area contributed by atoms with Crippen molar-refractivity contribution in [2.45, 2.75) is 45.1 Å². The molecule has 1 N–H and O–H groups in total. The molecule has 1 aliphatic rings. The highest BCUT2D eigenvalue weighted by molar-refractivity contribution is 7.17. The van der Waals surface area contributed by atoms with Gasteiger partial charge in [0.05, 0.1) is 0 Å². The van der Waals surface area contributed by atoms with Gasteiger partial charge in [-0.3, -0.25) is 0 Å². The van der Waals surface area contributed by atoms with Gasteiger partial charge in [-0.05, 0) is 36.3 Å². The monoisotopic (exact) mass is 260 g/mol. The van der Waals surface area contributed by atoms with Crippen LogP contribution in [0.4, 0.5) is 5.82 Å². The van der Waals surface area contributed by atoms with Crippen LogP contribution < -0.4 is 5.32 Å². The Morgan fingerprint density at radius 1 is 1.39 bits per heavy atom. The van der Waals surface area contributed by atoms with Crippen LogP contribution in [0.15, 0.2) is 23.7 Å². The number of nitrogens with one attached hydrogen (secondary N) is 1. The molecule has 2 unspecified atom stereocenters. The molecule has 2 heterocycles. The molecule has 2 aromatic heterocycles. The van der Waals surface area contributed by atoms with Crippen LogP contribution >= 0.6 is 11.3 Å². The van der Waals surface area contributed by atoms with E-state index < -0.39 is 0 Å². The Bertz CT molecular complexity index is 520. The lowest BCUT2D eigenvalue weighted by Gasteiger charge is -2.29. The van der Waals surface area contributed by atoms with Gasteiger partial charge in [0.1, 0.15) is 5.82 Å².